The van der Waals surface area contributed by atoms with Gasteiger partial charge in [0.2, 0.25) is 0 Å². The number of hydrogen-bond donors (Lipinski definition) is 1. The van der Waals surface area contributed by atoms with E-state index in [9.17, 15) is 13.2 Å². The molecule has 0 saturated carbocycles. The van der Waals surface area contributed by atoms with Gasteiger partial charge >= 0.3 is 16.2 Å². The van der Waals surface area contributed by atoms with Gasteiger partial charge in [-0.1, -0.05) is 42.8 Å². The Morgan fingerprint density at radius 3 is 2.25 bits per heavy atom. The first-order chi connectivity index (χ1) is 13.0. The Hall–Kier alpha value is -2.54. The Balaban J connectivity index is 2.28. The van der Waals surface area contributed by atoms with Crippen LogP contribution < -0.4 is 9.50 Å². The van der Waals surface area contributed by atoms with Gasteiger partial charge in [0, 0.05) is 5.56 Å². The molecule has 2 rings (SSSR count). The molecule has 7 heteroatoms. The van der Waals surface area contributed by atoms with Gasteiger partial charge in [-0.2, -0.15) is 8.42 Å². The van der Waals surface area contributed by atoms with E-state index in [2.05, 4.69) is 5.32 Å². The van der Waals surface area contributed by atoms with Crippen molar-refractivity contribution in [2.24, 2.45) is 0 Å². The maximum Gasteiger partial charge on any atom is 0.408 e. The summed E-state index contributed by atoms with van der Waals surface area (Å²) in [5.74, 6) is 0.172. The van der Waals surface area contributed by atoms with Gasteiger partial charge in [-0.15, -0.1) is 0 Å². The van der Waals surface area contributed by atoms with Gasteiger partial charge in [0.25, 0.3) is 0 Å². The van der Waals surface area contributed by atoms with Crippen molar-refractivity contribution in [1.29, 1.82) is 0 Å². The Kier molecular flexibility index (Phi) is 6.72. The van der Waals surface area contributed by atoms with Crippen LogP contribution in [0.4, 0.5) is 4.79 Å². The number of amides is 1. The van der Waals surface area contributed by atoms with E-state index in [1.165, 1.54) is 12.1 Å². The number of aryl methyl sites for hydroxylation is 1. The molecule has 0 aliphatic rings. The number of alkyl carbamates (subject to hydrolysis) is 1. The lowest BCUT2D eigenvalue weighted by Gasteiger charge is -2.24. The third-order valence-electron chi connectivity index (χ3n) is 3.90. The van der Waals surface area contributed by atoms with Crippen molar-refractivity contribution >= 4 is 16.2 Å². The zero-order chi connectivity index (χ0) is 20.9. The van der Waals surface area contributed by atoms with Crippen LogP contribution in [0.5, 0.6) is 5.75 Å². The second-order valence-electron chi connectivity index (χ2n) is 7.50. The fourth-order valence-corrected chi connectivity index (χ4v) is 3.52. The predicted octanol–water partition coefficient (Wildman–Crippen LogP) is 4.74. The van der Waals surface area contributed by atoms with E-state index in [1.54, 1.807) is 57.2 Å². The van der Waals surface area contributed by atoms with Crippen LogP contribution in [0.15, 0.2) is 53.4 Å². The molecule has 0 aromatic heterocycles. The fourth-order valence-electron chi connectivity index (χ4n) is 2.57. The van der Waals surface area contributed by atoms with Gasteiger partial charge in [-0.25, -0.2) is 4.79 Å². The van der Waals surface area contributed by atoms with E-state index in [-0.39, 0.29) is 10.6 Å². The Morgan fingerprint density at radius 2 is 1.68 bits per heavy atom. The molecule has 28 heavy (non-hydrogen) atoms. The number of carbonyl (C=O) groups is 1. The van der Waals surface area contributed by atoms with E-state index in [0.717, 1.165) is 5.56 Å². The SMILES string of the molecule is CCC(NC(=O)OC(C)(C)C)c1ccccc1OS(=O)(=O)c1ccc(C)cc1. The van der Waals surface area contributed by atoms with E-state index in [0.29, 0.717) is 12.0 Å². The summed E-state index contributed by atoms with van der Waals surface area (Å²) in [6.45, 7) is 9.09. The lowest BCUT2D eigenvalue weighted by atomic mass is 10.0. The summed E-state index contributed by atoms with van der Waals surface area (Å²) in [6, 6.07) is 12.7. The van der Waals surface area contributed by atoms with Crippen LogP contribution in [-0.2, 0) is 14.9 Å². The highest BCUT2D eigenvalue weighted by Crippen LogP contribution is 2.30. The highest BCUT2D eigenvalue weighted by Gasteiger charge is 2.24. The van der Waals surface area contributed by atoms with E-state index in [4.69, 9.17) is 8.92 Å². The highest BCUT2D eigenvalue weighted by atomic mass is 32.2. The summed E-state index contributed by atoms with van der Waals surface area (Å²) < 4.78 is 36.0. The van der Waals surface area contributed by atoms with Gasteiger partial charge in [0.1, 0.15) is 16.2 Å². The average molecular weight is 406 g/mol. The highest BCUT2D eigenvalue weighted by molar-refractivity contribution is 7.87. The van der Waals surface area contributed by atoms with Crippen molar-refractivity contribution in [3.63, 3.8) is 0 Å². The normalized spacial score (nSPS) is 12.9. The molecular weight excluding hydrogens is 378 g/mol. The van der Waals surface area contributed by atoms with Gasteiger partial charge in [-0.05, 0) is 52.3 Å². The first kappa shape index (κ1) is 21.8. The van der Waals surface area contributed by atoms with Gasteiger partial charge in [0.15, 0.2) is 0 Å². The summed E-state index contributed by atoms with van der Waals surface area (Å²) >= 11 is 0. The molecule has 1 atom stereocenters. The number of carbonyl (C=O) groups excluding carboxylic acids is 1. The fraction of sp³-hybridized carbons (Fsp3) is 0.381. The lowest BCUT2D eigenvalue weighted by Crippen LogP contribution is -2.35. The summed E-state index contributed by atoms with van der Waals surface area (Å²) in [4.78, 5) is 12.2. The molecule has 0 aliphatic carbocycles. The Labute approximate surface area is 167 Å². The van der Waals surface area contributed by atoms with Crippen LogP contribution in [0, 0.1) is 6.92 Å². The van der Waals surface area contributed by atoms with Gasteiger partial charge in [-0.3, -0.25) is 0 Å². The first-order valence-corrected chi connectivity index (χ1v) is 10.5. The molecule has 0 bridgehead atoms. The molecule has 152 valence electrons. The van der Waals surface area contributed by atoms with Crippen molar-refractivity contribution in [3.8, 4) is 5.75 Å². The van der Waals surface area contributed by atoms with Crippen molar-refractivity contribution in [1.82, 2.24) is 5.32 Å². The van der Waals surface area contributed by atoms with Crippen LogP contribution >= 0.6 is 0 Å². The van der Waals surface area contributed by atoms with Gasteiger partial charge < -0.3 is 14.2 Å². The number of rotatable bonds is 6. The summed E-state index contributed by atoms with van der Waals surface area (Å²) in [7, 11) is -4.00. The molecule has 2 aromatic carbocycles. The van der Waals surface area contributed by atoms with Crippen molar-refractivity contribution in [3.05, 3.63) is 59.7 Å². The van der Waals surface area contributed by atoms with Crippen molar-refractivity contribution in [2.75, 3.05) is 0 Å². The third-order valence-corrected chi connectivity index (χ3v) is 5.15. The minimum atomic E-state index is -4.00. The zero-order valence-electron chi connectivity index (χ0n) is 16.9. The standard InChI is InChI=1S/C21H27NO5S/c1-6-18(22-20(23)26-21(3,4)5)17-9-7-8-10-19(17)27-28(24,25)16-13-11-15(2)12-14-16/h7-14,18H,6H2,1-5H3,(H,22,23). The van der Waals surface area contributed by atoms with Crippen LogP contribution in [0.25, 0.3) is 0 Å². The summed E-state index contributed by atoms with van der Waals surface area (Å²) in [5, 5.41) is 2.78. The average Bonchev–Trinajstić information content (AvgIpc) is 2.59. The van der Waals surface area contributed by atoms with Crippen LogP contribution in [0.3, 0.4) is 0 Å². The van der Waals surface area contributed by atoms with Crippen LogP contribution in [0.2, 0.25) is 0 Å². The van der Waals surface area contributed by atoms with Crippen molar-refractivity contribution in [2.45, 2.75) is 57.6 Å². The molecule has 0 saturated heterocycles. The summed E-state index contributed by atoms with van der Waals surface area (Å²) in [5.41, 5.74) is 0.881. The van der Waals surface area contributed by atoms with Crippen molar-refractivity contribution < 1.29 is 22.1 Å². The van der Waals surface area contributed by atoms with E-state index >= 15 is 0 Å². The molecule has 0 fully saturated rings. The molecule has 2 aromatic rings. The molecule has 0 aliphatic heterocycles. The smallest absolute Gasteiger partial charge is 0.408 e. The number of benzene rings is 2. The lowest BCUT2D eigenvalue weighted by molar-refractivity contribution is 0.0502. The Bertz CT molecular complexity index is 915. The number of ether oxygens (including phenoxy) is 1. The second-order valence-corrected chi connectivity index (χ2v) is 9.04. The minimum absolute atomic E-state index is 0.0704. The molecule has 6 nitrogen and oxygen atoms in total. The number of para-hydroxylation sites is 1. The minimum Gasteiger partial charge on any atom is -0.444 e. The molecule has 0 heterocycles. The van der Waals surface area contributed by atoms with Crippen LogP contribution in [0.1, 0.15) is 51.3 Å². The van der Waals surface area contributed by atoms with E-state index < -0.39 is 27.9 Å². The monoisotopic (exact) mass is 405 g/mol. The number of hydrogen-bond acceptors (Lipinski definition) is 5. The van der Waals surface area contributed by atoms with Crippen LogP contribution in [-0.4, -0.2) is 20.1 Å². The topological polar surface area (TPSA) is 81.7 Å². The van der Waals surface area contributed by atoms with Gasteiger partial charge in [0.05, 0.1) is 6.04 Å². The second kappa shape index (κ2) is 8.65. The summed E-state index contributed by atoms with van der Waals surface area (Å²) in [6.07, 6.45) is -0.0416. The molecule has 1 N–H and O–H groups in total. The molecule has 1 unspecified atom stereocenters. The molecule has 0 spiro atoms. The number of nitrogens with one attached hydrogen (secondary N) is 1. The maximum absolute atomic E-state index is 12.7. The predicted molar refractivity (Wildman–Crippen MR) is 108 cm³/mol. The quantitative estimate of drug-likeness (QED) is 0.702. The molecule has 1 amide bonds. The largest absolute Gasteiger partial charge is 0.444 e. The Morgan fingerprint density at radius 1 is 1.07 bits per heavy atom. The first-order valence-electron chi connectivity index (χ1n) is 9.11. The molecule has 0 radical (unpaired) electrons. The third kappa shape index (κ3) is 5.99. The molecular formula is C21H27NO5S. The zero-order valence-corrected chi connectivity index (χ0v) is 17.7. The van der Waals surface area contributed by atoms with E-state index in [1.807, 2.05) is 13.8 Å². The maximum atomic E-state index is 12.7.